The number of carbonyl (C=O) groups excluding carboxylic acids is 2. The Morgan fingerprint density at radius 2 is 1.55 bits per heavy atom. The first kappa shape index (κ1) is 21.0. The Morgan fingerprint density at radius 1 is 0.818 bits per heavy atom. The van der Waals surface area contributed by atoms with Crippen molar-refractivity contribution in [2.45, 2.75) is 19.1 Å². The number of carbonyl (C=O) groups is 2. The molecule has 0 aromatic heterocycles. The number of amides is 2. The van der Waals surface area contributed by atoms with Crippen molar-refractivity contribution in [3.8, 4) is 11.5 Å². The van der Waals surface area contributed by atoms with Gasteiger partial charge in [-0.15, -0.1) is 0 Å². The van der Waals surface area contributed by atoms with Crippen LogP contribution in [0, 0.1) is 12.8 Å². The lowest BCUT2D eigenvalue weighted by molar-refractivity contribution is -0.126. The minimum absolute atomic E-state index is 0.304. The molecule has 3 aromatic carbocycles. The van der Waals surface area contributed by atoms with Crippen molar-refractivity contribution in [1.29, 1.82) is 0 Å². The average Bonchev–Trinajstić information content (AvgIpc) is 3.36. The molecule has 2 amide bonds. The first-order chi connectivity index (χ1) is 16.0. The molecule has 0 aliphatic carbocycles. The summed E-state index contributed by atoms with van der Waals surface area (Å²) >= 11 is 0. The highest BCUT2D eigenvalue weighted by molar-refractivity contribution is 6.24. The van der Waals surface area contributed by atoms with Gasteiger partial charge in [0.15, 0.2) is 6.10 Å². The molecular weight excluding hydrogens is 420 g/mol. The summed E-state index contributed by atoms with van der Waals surface area (Å²) in [4.78, 5) is 34.6. The van der Waals surface area contributed by atoms with Crippen LogP contribution in [0.2, 0.25) is 0 Å². The molecule has 0 radical (unpaired) electrons. The molecule has 7 nitrogen and oxygen atoms in total. The Balaban J connectivity index is 1.63. The van der Waals surface area contributed by atoms with E-state index in [4.69, 9.17) is 14.3 Å². The molecule has 2 saturated heterocycles. The molecule has 7 heteroatoms. The van der Waals surface area contributed by atoms with Gasteiger partial charge in [0, 0.05) is 5.56 Å². The van der Waals surface area contributed by atoms with Gasteiger partial charge in [-0.25, -0.2) is 9.96 Å². The number of nitrogens with zero attached hydrogens (tertiary/aromatic N) is 2. The maximum atomic E-state index is 13.7. The summed E-state index contributed by atoms with van der Waals surface area (Å²) in [5.41, 5.74) is 3.03. The van der Waals surface area contributed by atoms with E-state index in [0.29, 0.717) is 22.7 Å². The Morgan fingerprint density at radius 3 is 2.21 bits per heavy atom. The number of methoxy groups -OCH3 is 2. The summed E-state index contributed by atoms with van der Waals surface area (Å²) in [5.74, 6) is -0.226. The predicted octanol–water partition coefficient (Wildman–Crippen LogP) is 4.06. The molecule has 0 saturated carbocycles. The largest absolute Gasteiger partial charge is 0.497 e. The van der Waals surface area contributed by atoms with E-state index in [0.717, 1.165) is 11.3 Å². The number of rotatable bonds is 5. The van der Waals surface area contributed by atoms with Crippen LogP contribution in [0.1, 0.15) is 17.2 Å². The molecule has 2 fully saturated rings. The number of hydroxylamine groups is 1. The van der Waals surface area contributed by atoms with E-state index >= 15 is 0 Å². The summed E-state index contributed by atoms with van der Waals surface area (Å²) < 4.78 is 11.1. The number of para-hydroxylation sites is 1. The molecule has 168 valence electrons. The minimum Gasteiger partial charge on any atom is -0.497 e. The molecule has 0 unspecified atom stereocenters. The number of ether oxygens (including phenoxy) is 2. The summed E-state index contributed by atoms with van der Waals surface area (Å²) in [7, 11) is 3.16. The van der Waals surface area contributed by atoms with Gasteiger partial charge in [0.25, 0.3) is 5.91 Å². The van der Waals surface area contributed by atoms with Crippen molar-refractivity contribution in [2.75, 3.05) is 24.2 Å². The number of imide groups is 1. The quantitative estimate of drug-likeness (QED) is 0.553. The number of aryl methyl sites for hydroxylation is 1. The molecule has 3 atom stereocenters. The van der Waals surface area contributed by atoms with Crippen LogP contribution >= 0.6 is 0 Å². The summed E-state index contributed by atoms with van der Waals surface area (Å²) in [6.45, 7) is 1.96. The Kier molecular flexibility index (Phi) is 5.26. The zero-order chi connectivity index (χ0) is 23.1. The predicted molar refractivity (Wildman–Crippen MR) is 123 cm³/mol. The molecule has 33 heavy (non-hydrogen) atoms. The molecule has 2 aliphatic heterocycles. The van der Waals surface area contributed by atoms with Gasteiger partial charge in [0.2, 0.25) is 5.91 Å². The molecule has 0 spiro atoms. The molecule has 2 aliphatic rings. The van der Waals surface area contributed by atoms with Crippen molar-refractivity contribution >= 4 is 23.2 Å². The molecule has 3 aromatic rings. The van der Waals surface area contributed by atoms with Crippen molar-refractivity contribution in [3.05, 3.63) is 83.9 Å². The first-order valence-corrected chi connectivity index (χ1v) is 10.7. The van der Waals surface area contributed by atoms with Gasteiger partial charge in [-0.3, -0.25) is 14.4 Å². The topological polar surface area (TPSA) is 68.3 Å². The lowest BCUT2D eigenvalue weighted by atomic mass is 9.89. The maximum absolute atomic E-state index is 13.7. The van der Waals surface area contributed by atoms with Crippen molar-refractivity contribution in [1.82, 2.24) is 0 Å². The van der Waals surface area contributed by atoms with E-state index < -0.39 is 18.1 Å². The van der Waals surface area contributed by atoms with Crippen LogP contribution in [-0.2, 0) is 14.4 Å². The number of benzene rings is 3. The summed E-state index contributed by atoms with van der Waals surface area (Å²) in [5, 5.41) is 1.65. The molecule has 0 N–H and O–H groups in total. The highest BCUT2D eigenvalue weighted by atomic mass is 16.7. The van der Waals surface area contributed by atoms with Crippen LogP contribution in [0.5, 0.6) is 11.5 Å². The minimum atomic E-state index is -0.945. The Bertz CT molecular complexity index is 1200. The summed E-state index contributed by atoms with van der Waals surface area (Å²) in [6.07, 6.45) is -0.945. The summed E-state index contributed by atoms with van der Waals surface area (Å²) in [6, 6.07) is 21.6. The number of hydrogen-bond acceptors (Lipinski definition) is 6. The van der Waals surface area contributed by atoms with Crippen LogP contribution in [0.3, 0.4) is 0 Å². The van der Waals surface area contributed by atoms with Crippen LogP contribution in [0.15, 0.2) is 72.8 Å². The van der Waals surface area contributed by atoms with E-state index in [-0.39, 0.29) is 11.8 Å². The third-order valence-electron chi connectivity index (χ3n) is 6.17. The van der Waals surface area contributed by atoms with Crippen molar-refractivity contribution in [3.63, 3.8) is 0 Å². The van der Waals surface area contributed by atoms with Gasteiger partial charge in [-0.2, -0.15) is 0 Å². The standard InChI is InChI=1S/C26H24N2O5/c1-16-9-11-17(12-10-16)27-25(29)22-23(20-15-19(31-2)13-14-21(20)32-3)28(33-24(22)26(27)30)18-7-5-4-6-8-18/h4-15,22-24H,1-3H3/t22-,23-,24+/m0/s1. The van der Waals surface area contributed by atoms with Crippen LogP contribution in [-0.4, -0.2) is 32.1 Å². The highest BCUT2D eigenvalue weighted by Crippen LogP contribution is 2.50. The zero-order valence-electron chi connectivity index (χ0n) is 18.6. The second-order valence-electron chi connectivity index (χ2n) is 8.11. The third kappa shape index (κ3) is 3.41. The molecular formula is C26H24N2O5. The molecule has 0 bridgehead atoms. The smallest absolute Gasteiger partial charge is 0.266 e. The monoisotopic (exact) mass is 444 g/mol. The van der Waals surface area contributed by atoms with Gasteiger partial charge in [0.05, 0.1) is 25.6 Å². The SMILES string of the molecule is COc1ccc(OC)c([C@H]2[C@@H]3C(=O)N(c4ccc(C)cc4)C(=O)[C@@H]3ON2c2ccccc2)c1. The highest BCUT2D eigenvalue weighted by Gasteiger charge is 2.60. The molecule has 2 heterocycles. The Hall–Kier alpha value is -3.84. The molecule has 5 rings (SSSR count). The lowest BCUT2D eigenvalue weighted by Crippen LogP contribution is -2.37. The van der Waals surface area contributed by atoms with Crippen LogP contribution in [0.4, 0.5) is 11.4 Å². The van der Waals surface area contributed by atoms with E-state index in [1.54, 1.807) is 43.5 Å². The fourth-order valence-electron chi connectivity index (χ4n) is 4.55. The van der Waals surface area contributed by atoms with Crippen molar-refractivity contribution < 1.29 is 23.9 Å². The number of fused-ring (bicyclic) bond motifs is 1. The average molecular weight is 444 g/mol. The van der Waals surface area contributed by atoms with Crippen molar-refractivity contribution in [2.24, 2.45) is 5.92 Å². The van der Waals surface area contributed by atoms with Gasteiger partial charge < -0.3 is 9.47 Å². The van der Waals surface area contributed by atoms with Crippen LogP contribution < -0.4 is 19.4 Å². The Labute approximate surface area is 192 Å². The fraction of sp³-hybridized carbons (Fsp3) is 0.231. The zero-order valence-corrected chi connectivity index (χ0v) is 18.6. The fourth-order valence-corrected chi connectivity index (χ4v) is 4.55. The van der Waals surface area contributed by atoms with Crippen LogP contribution in [0.25, 0.3) is 0 Å². The normalized spacial score (nSPS) is 22.0. The van der Waals surface area contributed by atoms with E-state index in [9.17, 15) is 9.59 Å². The van der Waals surface area contributed by atoms with Gasteiger partial charge in [0.1, 0.15) is 23.5 Å². The number of hydrogen-bond donors (Lipinski definition) is 0. The first-order valence-electron chi connectivity index (χ1n) is 10.7. The van der Waals surface area contributed by atoms with Gasteiger partial charge in [-0.1, -0.05) is 35.9 Å². The second-order valence-corrected chi connectivity index (χ2v) is 8.11. The van der Waals surface area contributed by atoms with E-state index in [2.05, 4.69) is 0 Å². The van der Waals surface area contributed by atoms with E-state index in [1.807, 2.05) is 55.5 Å². The van der Waals surface area contributed by atoms with E-state index in [1.165, 1.54) is 4.90 Å². The third-order valence-corrected chi connectivity index (χ3v) is 6.17. The maximum Gasteiger partial charge on any atom is 0.266 e. The number of anilines is 2. The second kappa shape index (κ2) is 8.26. The van der Waals surface area contributed by atoms with Gasteiger partial charge >= 0.3 is 0 Å². The lowest BCUT2D eigenvalue weighted by Gasteiger charge is -2.29. The van der Waals surface area contributed by atoms with Gasteiger partial charge in [-0.05, 0) is 49.4 Å².